The molecule has 5 nitrogen and oxygen atoms in total. The molecule has 0 aliphatic heterocycles. The summed E-state index contributed by atoms with van der Waals surface area (Å²) in [7, 11) is -3.11. The third-order valence-electron chi connectivity index (χ3n) is 1.53. The van der Waals surface area contributed by atoms with Crippen LogP contribution in [0.4, 0.5) is 0 Å². The summed E-state index contributed by atoms with van der Waals surface area (Å²) in [6.45, 7) is -0.0654. The van der Waals surface area contributed by atoms with E-state index >= 15 is 0 Å². The lowest BCUT2D eigenvalue weighted by Crippen LogP contribution is -1.96. The van der Waals surface area contributed by atoms with Gasteiger partial charge in [-0.1, -0.05) is 12.1 Å². The van der Waals surface area contributed by atoms with Crippen LogP contribution in [0.3, 0.4) is 0 Å². The molecule has 0 saturated heterocycles. The number of aliphatic hydroxyl groups excluding tert-OH is 1. The van der Waals surface area contributed by atoms with E-state index in [0.29, 0.717) is 5.56 Å². The van der Waals surface area contributed by atoms with Crippen LogP contribution in [-0.2, 0) is 26.0 Å². The van der Waals surface area contributed by atoms with Gasteiger partial charge in [0.1, 0.15) is 0 Å². The summed E-state index contributed by atoms with van der Waals surface area (Å²) < 4.78 is 21.9. The summed E-state index contributed by atoms with van der Waals surface area (Å²) in [6.07, 6.45) is 1.40. The van der Waals surface area contributed by atoms with Crippen molar-refractivity contribution in [2.75, 3.05) is 6.26 Å². The lowest BCUT2D eigenvalue weighted by molar-refractivity contribution is -0.191. The quantitative estimate of drug-likeness (QED) is 0.772. The predicted molar refractivity (Wildman–Crippen MR) is 50.5 cm³/mol. The van der Waals surface area contributed by atoms with Gasteiger partial charge < -0.3 is 5.11 Å². The Hall–Kier alpha value is -1.49. The fraction of sp³-hybridized carbons (Fsp3) is 0.222. The Labute approximate surface area is 87.3 Å². The molecule has 0 aromatic heterocycles. The summed E-state index contributed by atoms with van der Waals surface area (Å²) in [4.78, 5) is 16.5. The summed E-state index contributed by atoms with van der Waals surface area (Å²) in [5, 5.41) is 8.68. The van der Waals surface area contributed by atoms with Crippen LogP contribution in [0.1, 0.15) is 5.56 Å². The Morgan fingerprint density at radius 1 is 1.20 bits per heavy atom. The van der Waals surface area contributed by atoms with Crippen LogP contribution in [0.5, 0.6) is 0 Å². The molecule has 0 aliphatic rings. The molecule has 6 heteroatoms. The van der Waals surface area contributed by atoms with Gasteiger partial charge in [-0.25, -0.2) is 8.42 Å². The second-order valence-corrected chi connectivity index (χ2v) is 4.67. The third-order valence-corrected chi connectivity index (χ3v) is 2.66. The van der Waals surface area contributed by atoms with E-state index in [4.69, 9.17) is 14.7 Å². The van der Waals surface area contributed by atoms with Crippen molar-refractivity contribution >= 4 is 16.0 Å². The maximum Gasteiger partial charge on any atom is 0.373 e. The molecular weight excluding hydrogens is 220 g/mol. The molecule has 15 heavy (non-hydrogen) atoms. The van der Waals surface area contributed by atoms with Crippen molar-refractivity contribution in [3.63, 3.8) is 0 Å². The van der Waals surface area contributed by atoms with Gasteiger partial charge in [-0.05, 0) is 17.7 Å². The number of benzene rings is 1. The first-order valence-electron chi connectivity index (χ1n) is 3.85. The van der Waals surface area contributed by atoms with Crippen molar-refractivity contribution in [1.82, 2.24) is 0 Å². The zero-order valence-electron chi connectivity index (χ0n) is 8.00. The predicted octanol–water partition coefficient (Wildman–Crippen LogP) is -0.00110. The summed E-state index contributed by atoms with van der Waals surface area (Å²) >= 11 is 0. The molecule has 0 spiro atoms. The number of sulfone groups is 1. The van der Waals surface area contributed by atoms with E-state index in [0.717, 1.165) is 6.26 Å². The third kappa shape index (κ3) is 5.07. The zero-order chi connectivity index (χ0) is 11.9. The average molecular weight is 230 g/mol. The van der Waals surface area contributed by atoms with Gasteiger partial charge in [0, 0.05) is 6.26 Å². The first kappa shape index (κ1) is 13.5. The van der Waals surface area contributed by atoms with E-state index in [2.05, 4.69) is 0 Å². The molecule has 1 aromatic rings. The maximum absolute atomic E-state index is 11.0. The van der Waals surface area contributed by atoms with Crippen molar-refractivity contribution in [2.45, 2.75) is 11.5 Å². The molecule has 82 valence electrons. The van der Waals surface area contributed by atoms with Gasteiger partial charge in [0.25, 0.3) is 0 Å². The van der Waals surface area contributed by atoms with Crippen LogP contribution in [0.2, 0.25) is 0 Å². The monoisotopic (exact) mass is 230 g/mol. The van der Waals surface area contributed by atoms with Crippen LogP contribution in [-0.4, -0.2) is 25.9 Å². The molecule has 0 aliphatic carbocycles. The molecule has 1 N–H and O–H groups in total. The van der Waals surface area contributed by atoms with Gasteiger partial charge >= 0.3 is 6.15 Å². The van der Waals surface area contributed by atoms with Crippen molar-refractivity contribution in [2.24, 2.45) is 0 Å². The molecule has 0 saturated carbocycles. The smallest absolute Gasteiger partial charge is 0.373 e. The van der Waals surface area contributed by atoms with Gasteiger partial charge in [0.15, 0.2) is 9.84 Å². The number of carbonyl (C=O) groups excluding carboxylic acids is 2. The van der Waals surface area contributed by atoms with Crippen molar-refractivity contribution in [3.8, 4) is 0 Å². The lowest BCUT2D eigenvalue weighted by Gasteiger charge is -1.98. The fourth-order valence-corrected chi connectivity index (χ4v) is 1.47. The summed E-state index contributed by atoms with van der Waals surface area (Å²) in [6, 6.07) is 6.16. The van der Waals surface area contributed by atoms with E-state index < -0.39 is 9.84 Å². The molecule has 0 unspecified atom stereocenters. The van der Waals surface area contributed by atoms with E-state index in [9.17, 15) is 8.42 Å². The Bertz CT molecular complexity index is 426. The molecule has 0 fully saturated rings. The van der Waals surface area contributed by atoms with Gasteiger partial charge in [-0.2, -0.15) is 9.59 Å². The topological polar surface area (TPSA) is 88.5 Å². The van der Waals surface area contributed by atoms with Gasteiger partial charge in [-0.3, -0.25) is 0 Å². The first-order chi connectivity index (χ1) is 6.95. The molecule has 0 bridgehead atoms. The highest BCUT2D eigenvalue weighted by atomic mass is 32.2. The molecule has 1 aromatic carbocycles. The Balaban J connectivity index is 0.000000583. The van der Waals surface area contributed by atoms with E-state index in [1.54, 1.807) is 12.1 Å². The van der Waals surface area contributed by atoms with Crippen molar-refractivity contribution in [1.29, 1.82) is 0 Å². The van der Waals surface area contributed by atoms with Gasteiger partial charge in [0.2, 0.25) is 0 Å². The number of hydrogen-bond acceptors (Lipinski definition) is 5. The second kappa shape index (κ2) is 6.08. The van der Waals surface area contributed by atoms with E-state index in [-0.39, 0.29) is 17.7 Å². The summed E-state index contributed by atoms with van der Waals surface area (Å²) in [5.74, 6) is 0. The van der Waals surface area contributed by atoms with Crippen LogP contribution in [0.15, 0.2) is 29.2 Å². The zero-order valence-corrected chi connectivity index (χ0v) is 8.82. The largest absolute Gasteiger partial charge is 0.392 e. The first-order valence-corrected chi connectivity index (χ1v) is 5.74. The highest BCUT2D eigenvalue weighted by molar-refractivity contribution is 7.90. The minimum absolute atomic E-state index is 0.0654. The Morgan fingerprint density at radius 3 is 1.87 bits per heavy atom. The fourth-order valence-electron chi connectivity index (χ4n) is 0.842. The lowest BCUT2D eigenvalue weighted by atomic mass is 10.2. The second-order valence-electron chi connectivity index (χ2n) is 2.66. The summed E-state index contributed by atoms with van der Waals surface area (Å²) in [5.41, 5.74) is 0.711. The highest BCUT2D eigenvalue weighted by Gasteiger charge is 2.04. The molecule has 0 amide bonds. The Kier molecular flexibility index (Phi) is 5.48. The van der Waals surface area contributed by atoms with Crippen LogP contribution >= 0.6 is 0 Å². The number of rotatable bonds is 2. The average Bonchev–Trinajstić information content (AvgIpc) is 2.18. The molecular formula is C9H10O5S. The number of hydrogen-bond donors (Lipinski definition) is 1. The SMILES string of the molecule is CS(=O)(=O)c1ccc(CO)cc1.O=C=O. The highest BCUT2D eigenvalue weighted by Crippen LogP contribution is 2.09. The van der Waals surface area contributed by atoms with Crippen molar-refractivity contribution < 1.29 is 23.1 Å². The molecule has 0 radical (unpaired) electrons. The van der Waals surface area contributed by atoms with Crippen molar-refractivity contribution in [3.05, 3.63) is 29.8 Å². The van der Waals surface area contributed by atoms with Crippen LogP contribution < -0.4 is 0 Å². The van der Waals surface area contributed by atoms with E-state index in [1.807, 2.05) is 0 Å². The maximum atomic E-state index is 11.0. The van der Waals surface area contributed by atoms with Crippen LogP contribution in [0, 0.1) is 0 Å². The minimum atomic E-state index is -3.11. The molecule has 1 rings (SSSR count). The van der Waals surface area contributed by atoms with E-state index in [1.165, 1.54) is 12.1 Å². The van der Waals surface area contributed by atoms with Gasteiger partial charge in [-0.15, -0.1) is 0 Å². The van der Waals surface area contributed by atoms with Crippen LogP contribution in [0.25, 0.3) is 0 Å². The Morgan fingerprint density at radius 2 is 1.60 bits per heavy atom. The molecule has 0 atom stereocenters. The van der Waals surface area contributed by atoms with Gasteiger partial charge in [0.05, 0.1) is 11.5 Å². The minimum Gasteiger partial charge on any atom is -0.392 e. The molecule has 0 heterocycles. The number of aliphatic hydroxyl groups is 1. The normalized spacial score (nSPS) is 9.73. The standard InChI is InChI=1S/C8H10O3S.CO2/c1-12(10,11)8-4-2-7(6-9)3-5-8;2-1-3/h2-5,9H,6H2,1H3;.